The number of hydrogen-bond acceptors (Lipinski definition) is 6. The summed E-state index contributed by atoms with van der Waals surface area (Å²) in [5.74, 6) is -0.270. The Morgan fingerprint density at radius 1 is 1.10 bits per heavy atom. The fourth-order valence-electron chi connectivity index (χ4n) is 7.42. The lowest BCUT2D eigenvalue weighted by molar-refractivity contribution is -0.172. The van der Waals surface area contributed by atoms with Crippen molar-refractivity contribution in [3.05, 3.63) is 23.8 Å². The number of esters is 2. The molecule has 0 radical (unpaired) electrons. The van der Waals surface area contributed by atoms with Gasteiger partial charge < -0.3 is 9.47 Å². The third kappa shape index (κ3) is 3.58. The van der Waals surface area contributed by atoms with Crippen LogP contribution in [-0.4, -0.2) is 36.2 Å². The molecule has 31 heavy (non-hydrogen) atoms. The molecule has 0 N–H and O–H groups in total. The summed E-state index contributed by atoms with van der Waals surface area (Å²) in [5, 5.41) is 0. The van der Waals surface area contributed by atoms with Crippen LogP contribution in [0.4, 0.5) is 0 Å². The zero-order chi connectivity index (χ0) is 22.6. The number of carbonyl (C=O) groups is 4. The van der Waals surface area contributed by atoms with Crippen LogP contribution in [0, 0.1) is 34.5 Å². The van der Waals surface area contributed by atoms with Crippen LogP contribution < -0.4 is 0 Å². The van der Waals surface area contributed by atoms with Gasteiger partial charge in [0.1, 0.15) is 12.7 Å². The van der Waals surface area contributed by atoms with Gasteiger partial charge in [0.05, 0.1) is 0 Å². The molecule has 0 aromatic carbocycles. The molecular weight excluding hydrogens is 396 g/mol. The number of ether oxygens (including phenoxy) is 2. The monoisotopic (exact) mass is 428 g/mol. The van der Waals surface area contributed by atoms with Crippen molar-refractivity contribution in [3.63, 3.8) is 0 Å². The maximum absolute atomic E-state index is 13.0. The van der Waals surface area contributed by atoms with Crippen LogP contribution in [0.5, 0.6) is 0 Å². The van der Waals surface area contributed by atoms with E-state index in [1.807, 2.05) is 6.08 Å². The molecule has 7 atom stereocenters. The van der Waals surface area contributed by atoms with Gasteiger partial charge in [-0.05, 0) is 61.5 Å². The molecule has 0 aromatic rings. The highest BCUT2D eigenvalue weighted by molar-refractivity contribution is 6.01. The molecule has 0 aromatic heterocycles. The van der Waals surface area contributed by atoms with Gasteiger partial charge in [0.25, 0.3) is 0 Å². The lowest BCUT2D eigenvalue weighted by Crippen LogP contribution is -2.57. The molecule has 168 valence electrons. The molecule has 0 bridgehead atoms. The zero-order valence-electron chi connectivity index (χ0n) is 18.8. The summed E-state index contributed by atoms with van der Waals surface area (Å²) in [6.45, 7) is 6.87. The molecule has 0 amide bonds. The number of carbonyl (C=O) groups excluding carboxylic acids is 4. The van der Waals surface area contributed by atoms with E-state index in [9.17, 15) is 19.2 Å². The minimum atomic E-state index is -0.451. The summed E-state index contributed by atoms with van der Waals surface area (Å²) >= 11 is 0. The van der Waals surface area contributed by atoms with E-state index in [0.29, 0.717) is 18.3 Å². The molecule has 0 heterocycles. The average molecular weight is 429 g/mol. The molecule has 3 fully saturated rings. The lowest BCUT2D eigenvalue weighted by Gasteiger charge is -2.59. The Morgan fingerprint density at radius 2 is 1.84 bits per heavy atom. The number of rotatable bonds is 4. The maximum atomic E-state index is 13.0. The van der Waals surface area contributed by atoms with Crippen molar-refractivity contribution < 1.29 is 28.7 Å². The van der Waals surface area contributed by atoms with E-state index < -0.39 is 5.97 Å². The minimum Gasteiger partial charge on any atom is -0.462 e. The van der Waals surface area contributed by atoms with E-state index in [2.05, 4.69) is 13.8 Å². The van der Waals surface area contributed by atoms with Gasteiger partial charge >= 0.3 is 11.9 Å². The highest BCUT2D eigenvalue weighted by atomic mass is 16.5. The van der Waals surface area contributed by atoms with Crippen LogP contribution in [0.1, 0.15) is 59.8 Å². The lowest BCUT2D eigenvalue weighted by atomic mass is 9.46. The Labute approximate surface area is 183 Å². The molecule has 0 spiro atoms. The summed E-state index contributed by atoms with van der Waals surface area (Å²) in [4.78, 5) is 48.3. The molecule has 7 unspecified atom stereocenters. The molecule has 3 saturated carbocycles. The summed E-state index contributed by atoms with van der Waals surface area (Å²) in [7, 11) is 0. The Kier molecular flexibility index (Phi) is 5.47. The minimum absolute atomic E-state index is 0.0209. The van der Waals surface area contributed by atoms with Crippen molar-refractivity contribution in [2.24, 2.45) is 34.5 Å². The Hall–Kier alpha value is -2.24. The first-order valence-corrected chi connectivity index (χ1v) is 11.3. The number of Topliss-reactive ketones (excluding diaryl/α,β-unsaturated/α-hetero) is 1. The van der Waals surface area contributed by atoms with E-state index in [1.165, 1.54) is 13.8 Å². The molecule has 4 aliphatic carbocycles. The first-order chi connectivity index (χ1) is 14.6. The van der Waals surface area contributed by atoms with Gasteiger partial charge in [0.15, 0.2) is 11.6 Å². The first kappa shape index (κ1) is 22.0. The second-order valence-electron chi connectivity index (χ2n) is 10.3. The van der Waals surface area contributed by atoms with Crippen molar-refractivity contribution in [2.45, 2.75) is 65.9 Å². The van der Waals surface area contributed by atoms with Crippen LogP contribution >= 0.6 is 0 Å². The molecule has 6 nitrogen and oxygen atoms in total. The van der Waals surface area contributed by atoms with Crippen molar-refractivity contribution >= 4 is 23.5 Å². The number of allylic oxidation sites excluding steroid dienone is 4. The third-order valence-electron chi connectivity index (χ3n) is 8.59. The van der Waals surface area contributed by atoms with E-state index in [4.69, 9.17) is 9.47 Å². The summed E-state index contributed by atoms with van der Waals surface area (Å²) in [6.07, 6.45) is 9.19. The van der Waals surface area contributed by atoms with Gasteiger partial charge in [0.2, 0.25) is 0 Å². The van der Waals surface area contributed by atoms with Crippen molar-refractivity contribution in [1.82, 2.24) is 0 Å². The maximum Gasteiger partial charge on any atom is 0.303 e. The predicted molar refractivity (Wildman–Crippen MR) is 113 cm³/mol. The molecule has 6 heteroatoms. The first-order valence-electron chi connectivity index (χ1n) is 11.3. The highest BCUT2D eigenvalue weighted by Crippen LogP contribution is 2.66. The third-order valence-corrected chi connectivity index (χ3v) is 8.59. The van der Waals surface area contributed by atoms with E-state index in [-0.39, 0.29) is 52.9 Å². The molecule has 0 aliphatic heterocycles. The van der Waals surface area contributed by atoms with Crippen LogP contribution in [0.3, 0.4) is 0 Å². The van der Waals surface area contributed by atoms with E-state index >= 15 is 0 Å². The van der Waals surface area contributed by atoms with Crippen LogP contribution in [0.25, 0.3) is 0 Å². The van der Waals surface area contributed by atoms with E-state index in [1.54, 1.807) is 12.2 Å². The molecular formula is C25H32O6. The molecule has 0 saturated heterocycles. The van der Waals surface area contributed by atoms with Crippen LogP contribution in [-0.2, 0) is 28.7 Å². The quantitative estimate of drug-likeness (QED) is 0.636. The average Bonchev–Trinajstić information content (AvgIpc) is 3.02. The SMILES string of the molecule is CC(=O)OCC(=O)C1CCC2C3CCC4=CC(=O)C=CC4(C)C3C(OC(C)=O)CC12C. The van der Waals surface area contributed by atoms with Crippen LogP contribution in [0.2, 0.25) is 0 Å². The van der Waals surface area contributed by atoms with Gasteiger partial charge in [0, 0.05) is 31.1 Å². The van der Waals surface area contributed by atoms with Crippen LogP contribution in [0.15, 0.2) is 23.8 Å². The van der Waals surface area contributed by atoms with Gasteiger partial charge in [-0.15, -0.1) is 0 Å². The number of fused-ring (bicyclic) bond motifs is 5. The van der Waals surface area contributed by atoms with Gasteiger partial charge in [-0.1, -0.05) is 25.5 Å². The van der Waals surface area contributed by atoms with Crippen molar-refractivity contribution in [1.29, 1.82) is 0 Å². The molecule has 4 aliphatic rings. The topological polar surface area (TPSA) is 86.7 Å². The Balaban J connectivity index is 1.69. The van der Waals surface area contributed by atoms with Gasteiger partial charge in [-0.2, -0.15) is 0 Å². The largest absolute Gasteiger partial charge is 0.462 e. The highest BCUT2D eigenvalue weighted by Gasteiger charge is 2.63. The number of hydrogen-bond donors (Lipinski definition) is 0. The van der Waals surface area contributed by atoms with Gasteiger partial charge in [-0.25, -0.2) is 0 Å². The zero-order valence-corrected chi connectivity index (χ0v) is 18.8. The summed E-state index contributed by atoms with van der Waals surface area (Å²) in [6, 6.07) is 0. The van der Waals surface area contributed by atoms with Crippen molar-refractivity contribution in [3.8, 4) is 0 Å². The number of ketones is 2. The smallest absolute Gasteiger partial charge is 0.303 e. The standard InChI is InChI=1S/C25H32O6/c1-14(26)30-13-21(29)20-8-7-19-18-6-5-16-11-17(28)9-10-24(16,3)23(18)22(31-15(2)27)12-25(19,20)4/h9-11,18-20,22-23H,5-8,12-13H2,1-4H3. The van der Waals surface area contributed by atoms with E-state index in [0.717, 1.165) is 31.3 Å². The summed E-state index contributed by atoms with van der Waals surface area (Å²) < 4.78 is 10.9. The van der Waals surface area contributed by atoms with Gasteiger partial charge in [-0.3, -0.25) is 19.2 Å². The van der Waals surface area contributed by atoms with Crippen molar-refractivity contribution in [2.75, 3.05) is 6.61 Å². The summed E-state index contributed by atoms with van der Waals surface area (Å²) in [5.41, 5.74) is 0.505. The second kappa shape index (κ2) is 7.72. The molecule has 4 rings (SSSR count). The fourth-order valence-corrected chi connectivity index (χ4v) is 7.42. The Bertz CT molecular complexity index is 884. The Morgan fingerprint density at radius 3 is 2.52 bits per heavy atom. The predicted octanol–water partition coefficient (Wildman–Crippen LogP) is 3.58. The normalized spacial score (nSPS) is 40.8. The second-order valence-corrected chi connectivity index (χ2v) is 10.3. The fraction of sp³-hybridized carbons (Fsp3) is 0.680.